The fourth-order valence-electron chi connectivity index (χ4n) is 4.16. The van der Waals surface area contributed by atoms with Crippen LogP contribution in [0.3, 0.4) is 0 Å². The van der Waals surface area contributed by atoms with Crippen molar-refractivity contribution >= 4 is 17.8 Å². The normalized spacial score (nSPS) is 17.2. The second kappa shape index (κ2) is 9.36. The first-order chi connectivity index (χ1) is 15.0. The average molecular weight is 427 g/mol. The molecule has 0 unspecified atom stereocenters. The predicted molar refractivity (Wildman–Crippen MR) is 116 cm³/mol. The van der Waals surface area contributed by atoms with Crippen LogP contribution in [0.15, 0.2) is 24.3 Å². The summed E-state index contributed by atoms with van der Waals surface area (Å²) in [5.74, 6) is 2.55. The van der Waals surface area contributed by atoms with Gasteiger partial charge in [-0.1, -0.05) is 18.6 Å². The van der Waals surface area contributed by atoms with Crippen molar-refractivity contribution in [2.45, 2.75) is 45.1 Å². The van der Waals surface area contributed by atoms with Crippen molar-refractivity contribution in [1.82, 2.24) is 19.7 Å². The van der Waals surface area contributed by atoms with Gasteiger partial charge in [-0.3, -0.25) is 14.2 Å². The number of primary amides is 1. The second-order valence-corrected chi connectivity index (χ2v) is 8.32. The van der Waals surface area contributed by atoms with Gasteiger partial charge in [0.15, 0.2) is 6.61 Å². The minimum absolute atomic E-state index is 0.117. The van der Waals surface area contributed by atoms with E-state index in [1.165, 1.54) is 6.42 Å². The molecule has 4 rings (SSSR count). The Labute approximate surface area is 182 Å². The van der Waals surface area contributed by atoms with Crippen LogP contribution in [0, 0.1) is 0 Å². The lowest BCUT2D eigenvalue weighted by molar-refractivity contribution is -0.128. The molecule has 1 aliphatic heterocycles. The van der Waals surface area contributed by atoms with Crippen LogP contribution in [0.5, 0.6) is 5.75 Å². The molecule has 1 saturated carbocycles. The minimum Gasteiger partial charge on any atom is -0.484 e. The van der Waals surface area contributed by atoms with Gasteiger partial charge in [0.1, 0.15) is 11.6 Å². The van der Waals surface area contributed by atoms with Crippen molar-refractivity contribution in [3.05, 3.63) is 35.7 Å². The summed E-state index contributed by atoms with van der Waals surface area (Å²) in [7, 11) is 0. The van der Waals surface area contributed by atoms with Gasteiger partial charge in [0.2, 0.25) is 11.9 Å². The molecule has 166 valence electrons. The number of nitrogens with two attached hydrogens (primary N) is 1. The Morgan fingerprint density at radius 2 is 1.97 bits per heavy atom. The number of rotatable bonds is 7. The van der Waals surface area contributed by atoms with Crippen LogP contribution in [0.25, 0.3) is 0 Å². The highest BCUT2D eigenvalue weighted by Crippen LogP contribution is 2.37. The molecule has 0 atom stereocenters. The molecule has 0 radical (unpaired) electrons. The van der Waals surface area contributed by atoms with E-state index in [1.54, 1.807) is 6.92 Å². The van der Waals surface area contributed by atoms with Crippen molar-refractivity contribution in [1.29, 1.82) is 0 Å². The van der Waals surface area contributed by atoms with Crippen molar-refractivity contribution in [3.8, 4) is 5.75 Å². The molecule has 31 heavy (non-hydrogen) atoms. The molecule has 1 aromatic carbocycles. The van der Waals surface area contributed by atoms with E-state index in [2.05, 4.69) is 19.7 Å². The zero-order valence-electron chi connectivity index (χ0n) is 18.0. The summed E-state index contributed by atoms with van der Waals surface area (Å²) in [4.78, 5) is 27.0. The molecule has 2 fully saturated rings. The van der Waals surface area contributed by atoms with E-state index in [-0.39, 0.29) is 12.5 Å². The molecule has 2 amide bonds. The fraction of sp³-hybridized carbons (Fsp3) is 0.545. The van der Waals surface area contributed by atoms with E-state index < -0.39 is 5.91 Å². The van der Waals surface area contributed by atoms with Gasteiger partial charge in [-0.25, -0.2) is 0 Å². The van der Waals surface area contributed by atoms with Crippen LogP contribution < -0.4 is 15.4 Å². The zero-order chi connectivity index (χ0) is 21.8. The molecule has 1 saturated heterocycles. The van der Waals surface area contributed by atoms with Crippen LogP contribution in [0.1, 0.15) is 49.9 Å². The molecular formula is C22H30N6O3. The highest BCUT2D eigenvalue weighted by Gasteiger charge is 2.29. The highest BCUT2D eigenvalue weighted by atomic mass is 16.5. The average Bonchev–Trinajstić information content (AvgIpc) is 2.93. The Balaban J connectivity index is 1.57. The maximum absolute atomic E-state index is 11.8. The summed E-state index contributed by atoms with van der Waals surface area (Å²) >= 11 is 0. The number of aromatic nitrogens is 3. The predicted octanol–water partition coefficient (Wildman–Crippen LogP) is 1.52. The molecular weight excluding hydrogens is 396 g/mol. The largest absolute Gasteiger partial charge is 0.484 e. The number of nitrogens with zero attached hydrogens (tertiary/aromatic N) is 5. The van der Waals surface area contributed by atoms with Gasteiger partial charge in [-0.05, 0) is 37.0 Å². The van der Waals surface area contributed by atoms with Crippen molar-refractivity contribution in [3.63, 3.8) is 0 Å². The molecule has 0 spiro atoms. The Morgan fingerprint density at radius 1 is 1.13 bits per heavy atom. The van der Waals surface area contributed by atoms with E-state index in [4.69, 9.17) is 10.5 Å². The van der Waals surface area contributed by atoms with Crippen LogP contribution in [-0.2, 0) is 16.1 Å². The quantitative estimate of drug-likeness (QED) is 0.719. The Morgan fingerprint density at radius 3 is 2.68 bits per heavy atom. The number of carbonyl (C=O) groups excluding carboxylic acids is 2. The van der Waals surface area contributed by atoms with E-state index in [1.807, 2.05) is 29.2 Å². The fourth-order valence-corrected chi connectivity index (χ4v) is 4.16. The van der Waals surface area contributed by atoms with Gasteiger partial charge in [0.25, 0.3) is 5.91 Å². The lowest BCUT2D eigenvalue weighted by Crippen LogP contribution is -2.34. The first-order valence-electron chi connectivity index (χ1n) is 10.9. The number of anilines is 1. The number of hydrogen-bond acceptors (Lipinski definition) is 6. The molecule has 9 nitrogen and oxygen atoms in total. The third kappa shape index (κ3) is 4.98. The third-order valence-corrected chi connectivity index (χ3v) is 6.07. The van der Waals surface area contributed by atoms with Gasteiger partial charge in [-0.15, -0.1) is 10.2 Å². The summed E-state index contributed by atoms with van der Waals surface area (Å²) in [6, 6.07) is 7.69. The summed E-state index contributed by atoms with van der Waals surface area (Å²) < 4.78 is 7.68. The Hall–Kier alpha value is -3.10. The number of hydrogen-bond donors (Lipinski definition) is 1. The SMILES string of the molecule is CC(=O)N1CCCN(c2nnc(C3CCC3)n2Cc2cccc(OCC(N)=O)c2)CC1. The first kappa shape index (κ1) is 21.1. The molecule has 9 heteroatoms. The van der Waals surface area contributed by atoms with Crippen molar-refractivity contribution in [2.75, 3.05) is 37.7 Å². The number of carbonyl (C=O) groups is 2. The summed E-state index contributed by atoms with van der Waals surface area (Å²) in [6.07, 6.45) is 4.40. The first-order valence-corrected chi connectivity index (χ1v) is 10.9. The molecule has 1 aromatic heterocycles. The van der Waals surface area contributed by atoms with Crippen molar-refractivity contribution < 1.29 is 14.3 Å². The van der Waals surface area contributed by atoms with E-state index in [0.29, 0.717) is 24.8 Å². The van der Waals surface area contributed by atoms with Crippen molar-refractivity contribution in [2.24, 2.45) is 5.73 Å². The van der Waals surface area contributed by atoms with Crippen LogP contribution in [0.2, 0.25) is 0 Å². The van der Waals surface area contributed by atoms with E-state index in [9.17, 15) is 9.59 Å². The molecule has 2 aliphatic rings. The summed E-state index contributed by atoms with van der Waals surface area (Å²) in [6.45, 7) is 5.15. The number of ether oxygens (including phenoxy) is 1. The lowest BCUT2D eigenvalue weighted by Gasteiger charge is -2.27. The Bertz CT molecular complexity index is 939. The summed E-state index contributed by atoms with van der Waals surface area (Å²) in [5, 5.41) is 9.15. The topological polar surface area (TPSA) is 107 Å². The van der Waals surface area contributed by atoms with Gasteiger partial charge in [0.05, 0.1) is 6.54 Å². The lowest BCUT2D eigenvalue weighted by atomic mass is 9.85. The molecule has 0 bridgehead atoms. The van der Waals surface area contributed by atoms with Gasteiger partial charge in [-0.2, -0.15) is 0 Å². The van der Waals surface area contributed by atoms with Crippen LogP contribution in [0.4, 0.5) is 5.95 Å². The number of benzene rings is 1. The monoisotopic (exact) mass is 426 g/mol. The van der Waals surface area contributed by atoms with Crippen LogP contribution >= 0.6 is 0 Å². The smallest absolute Gasteiger partial charge is 0.255 e. The zero-order valence-corrected chi connectivity index (χ0v) is 18.0. The summed E-state index contributed by atoms with van der Waals surface area (Å²) in [5.41, 5.74) is 6.24. The Kier molecular flexibility index (Phi) is 6.39. The number of amides is 2. The maximum Gasteiger partial charge on any atom is 0.255 e. The maximum atomic E-state index is 11.8. The van der Waals surface area contributed by atoms with Gasteiger partial charge < -0.3 is 20.3 Å². The molecule has 1 aliphatic carbocycles. The second-order valence-electron chi connectivity index (χ2n) is 8.32. The highest BCUT2D eigenvalue weighted by molar-refractivity contribution is 5.75. The standard InChI is InChI=1S/C22H30N6O3/c1-16(29)26-9-4-10-27(12-11-26)22-25-24-21(18-6-3-7-18)28(22)14-17-5-2-8-19(13-17)31-15-20(23)30/h2,5,8,13,18H,3-4,6-7,9-12,14-15H2,1H3,(H2,23,30). The van der Waals surface area contributed by atoms with E-state index >= 15 is 0 Å². The molecule has 2 heterocycles. The minimum atomic E-state index is -0.500. The molecule has 2 aromatic rings. The van der Waals surface area contributed by atoms with E-state index in [0.717, 1.165) is 56.2 Å². The molecule has 2 N–H and O–H groups in total. The van der Waals surface area contributed by atoms with Gasteiger partial charge >= 0.3 is 0 Å². The third-order valence-electron chi connectivity index (χ3n) is 6.07. The van der Waals surface area contributed by atoms with Gasteiger partial charge in [0, 0.05) is 39.0 Å². The van der Waals surface area contributed by atoms with Crippen LogP contribution in [-0.4, -0.2) is 64.3 Å².